The minimum atomic E-state index is -0.117. The normalized spacial score (nSPS) is 15.0. The molecule has 6 heteroatoms. The summed E-state index contributed by atoms with van der Waals surface area (Å²) in [5.41, 5.74) is 0.441. The van der Waals surface area contributed by atoms with Crippen molar-refractivity contribution in [2.45, 2.75) is 26.2 Å². The van der Waals surface area contributed by atoms with Gasteiger partial charge in [-0.15, -0.1) is 0 Å². The molecule has 24 heavy (non-hydrogen) atoms. The number of rotatable bonds is 5. The molecule has 0 aliphatic carbocycles. The van der Waals surface area contributed by atoms with E-state index in [1.165, 1.54) is 0 Å². The van der Waals surface area contributed by atoms with E-state index in [0.29, 0.717) is 49.7 Å². The zero-order chi connectivity index (χ0) is 17.5. The average Bonchev–Trinajstić information content (AvgIpc) is 2.86. The number of carbonyl (C=O) groups is 2. The van der Waals surface area contributed by atoms with Crippen LogP contribution in [0.5, 0.6) is 11.5 Å². The van der Waals surface area contributed by atoms with E-state index in [2.05, 4.69) is 0 Å². The average molecular weight is 334 g/mol. The number of nitrogens with zero attached hydrogens (tertiary/aromatic N) is 2. The van der Waals surface area contributed by atoms with Crippen LogP contribution in [0.4, 0.5) is 0 Å². The lowest BCUT2D eigenvalue weighted by molar-refractivity contribution is -0.131. The molecule has 132 valence electrons. The van der Waals surface area contributed by atoms with Gasteiger partial charge in [-0.25, -0.2) is 0 Å². The lowest BCUT2D eigenvalue weighted by Crippen LogP contribution is -2.37. The number of hydrogen-bond donors (Lipinski definition) is 0. The number of benzene rings is 1. The first-order valence-corrected chi connectivity index (χ1v) is 8.40. The molecule has 1 heterocycles. The second-order valence-corrected chi connectivity index (χ2v) is 5.81. The summed E-state index contributed by atoms with van der Waals surface area (Å²) in [6, 6.07) is 5.30. The fraction of sp³-hybridized carbons (Fsp3) is 0.556. The summed E-state index contributed by atoms with van der Waals surface area (Å²) in [4.78, 5) is 28.7. The van der Waals surface area contributed by atoms with Gasteiger partial charge in [-0.2, -0.15) is 0 Å². The quantitative estimate of drug-likeness (QED) is 0.828. The maximum atomic E-state index is 13.0. The van der Waals surface area contributed by atoms with Gasteiger partial charge in [0.15, 0.2) is 0 Å². The van der Waals surface area contributed by atoms with E-state index in [0.717, 1.165) is 12.8 Å². The van der Waals surface area contributed by atoms with E-state index >= 15 is 0 Å². The molecule has 6 nitrogen and oxygen atoms in total. The molecule has 1 aliphatic rings. The lowest BCUT2D eigenvalue weighted by atomic mass is 10.1. The van der Waals surface area contributed by atoms with Crippen molar-refractivity contribution >= 4 is 11.8 Å². The van der Waals surface area contributed by atoms with Gasteiger partial charge in [0, 0.05) is 32.6 Å². The number of ether oxygens (including phenoxy) is 2. The van der Waals surface area contributed by atoms with Crippen LogP contribution in [-0.4, -0.2) is 62.0 Å². The SMILES string of the molecule is CCCC(=O)N1CCCN(C(=O)c2c(OC)cccc2OC)CC1. The molecular formula is C18H26N2O4. The van der Waals surface area contributed by atoms with E-state index in [-0.39, 0.29) is 11.8 Å². The Labute approximate surface area is 143 Å². The molecule has 0 N–H and O–H groups in total. The van der Waals surface area contributed by atoms with Gasteiger partial charge in [0.2, 0.25) is 5.91 Å². The zero-order valence-electron chi connectivity index (χ0n) is 14.7. The maximum absolute atomic E-state index is 13.0. The Hall–Kier alpha value is -2.24. The highest BCUT2D eigenvalue weighted by atomic mass is 16.5. The second kappa shape index (κ2) is 8.57. The van der Waals surface area contributed by atoms with Gasteiger partial charge < -0.3 is 19.3 Å². The predicted molar refractivity (Wildman–Crippen MR) is 91.6 cm³/mol. The first-order chi connectivity index (χ1) is 11.6. The molecule has 0 spiro atoms. The number of hydrogen-bond acceptors (Lipinski definition) is 4. The van der Waals surface area contributed by atoms with Gasteiger partial charge in [-0.05, 0) is 25.0 Å². The molecule has 2 amide bonds. The number of amides is 2. The molecule has 1 aromatic rings. The molecule has 0 bridgehead atoms. The molecule has 0 atom stereocenters. The monoisotopic (exact) mass is 334 g/mol. The van der Waals surface area contributed by atoms with Gasteiger partial charge in [-0.3, -0.25) is 9.59 Å². The van der Waals surface area contributed by atoms with Crippen LogP contribution in [0.25, 0.3) is 0 Å². The van der Waals surface area contributed by atoms with Gasteiger partial charge in [0.05, 0.1) is 14.2 Å². The zero-order valence-corrected chi connectivity index (χ0v) is 14.7. The Morgan fingerprint density at radius 2 is 1.58 bits per heavy atom. The highest BCUT2D eigenvalue weighted by Crippen LogP contribution is 2.29. The van der Waals surface area contributed by atoms with Gasteiger partial charge in [0.25, 0.3) is 5.91 Å². The van der Waals surface area contributed by atoms with Crippen molar-refractivity contribution in [3.8, 4) is 11.5 Å². The Bertz CT molecular complexity index is 566. The summed E-state index contributed by atoms with van der Waals surface area (Å²) in [5.74, 6) is 1.06. The van der Waals surface area contributed by atoms with Gasteiger partial charge >= 0.3 is 0 Å². The van der Waals surface area contributed by atoms with Crippen LogP contribution in [-0.2, 0) is 4.79 Å². The molecular weight excluding hydrogens is 308 g/mol. The fourth-order valence-electron chi connectivity index (χ4n) is 2.96. The van der Waals surface area contributed by atoms with E-state index < -0.39 is 0 Å². The summed E-state index contributed by atoms with van der Waals surface area (Å²) < 4.78 is 10.7. The Morgan fingerprint density at radius 3 is 2.17 bits per heavy atom. The Morgan fingerprint density at radius 1 is 1.00 bits per heavy atom. The second-order valence-electron chi connectivity index (χ2n) is 5.81. The van der Waals surface area contributed by atoms with Crippen LogP contribution in [0, 0.1) is 0 Å². The first-order valence-electron chi connectivity index (χ1n) is 8.40. The van der Waals surface area contributed by atoms with Crippen LogP contribution < -0.4 is 9.47 Å². The van der Waals surface area contributed by atoms with Crippen LogP contribution in [0.3, 0.4) is 0 Å². The predicted octanol–water partition coefficient (Wildman–Crippen LogP) is 2.18. The highest BCUT2D eigenvalue weighted by molar-refractivity contribution is 5.99. The third-order valence-corrected chi connectivity index (χ3v) is 4.24. The van der Waals surface area contributed by atoms with Crippen LogP contribution in [0.15, 0.2) is 18.2 Å². The molecule has 0 saturated carbocycles. The van der Waals surface area contributed by atoms with Crippen molar-refractivity contribution in [1.29, 1.82) is 0 Å². The van der Waals surface area contributed by atoms with E-state index in [1.54, 1.807) is 37.3 Å². The molecule has 2 rings (SSSR count). The topological polar surface area (TPSA) is 59.1 Å². The molecule has 0 radical (unpaired) electrons. The van der Waals surface area contributed by atoms with Crippen molar-refractivity contribution in [2.75, 3.05) is 40.4 Å². The maximum Gasteiger partial charge on any atom is 0.261 e. The lowest BCUT2D eigenvalue weighted by Gasteiger charge is -2.23. The Kier molecular flexibility index (Phi) is 6.46. The summed E-state index contributed by atoms with van der Waals surface area (Å²) >= 11 is 0. The van der Waals surface area contributed by atoms with Crippen LogP contribution in [0.2, 0.25) is 0 Å². The van der Waals surface area contributed by atoms with Crippen molar-refractivity contribution in [3.05, 3.63) is 23.8 Å². The molecule has 0 aromatic heterocycles. The highest BCUT2D eigenvalue weighted by Gasteiger charge is 2.26. The van der Waals surface area contributed by atoms with E-state index in [9.17, 15) is 9.59 Å². The summed E-state index contributed by atoms with van der Waals surface area (Å²) in [6.45, 7) is 4.42. The summed E-state index contributed by atoms with van der Waals surface area (Å²) in [7, 11) is 3.08. The Balaban J connectivity index is 2.15. The third-order valence-electron chi connectivity index (χ3n) is 4.24. The van der Waals surface area contributed by atoms with Gasteiger partial charge in [0.1, 0.15) is 17.1 Å². The van der Waals surface area contributed by atoms with Crippen LogP contribution >= 0.6 is 0 Å². The molecule has 1 saturated heterocycles. The minimum absolute atomic E-state index is 0.117. The van der Waals surface area contributed by atoms with Gasteiger partial charge in [-0.1, -0.05) is 13.0 Å². The first kappa shape index (κ1) is 18.1. The molecule has 1 aliphatic heterocycles. The van der Waals surface area contributed by atoms with E-state index in [1.807, 2.05) is 11.8 Å². The molecule has 1 fully saturated rings. The largest absolute Gasteiger partial charge is 0.496 e. The standard InChI is InChI=1S/C18H26N2O4/c1-4-7-16(21)19-10-6-11-20(13-12-19)18(22)17-14(23-2)8-5-9-15(17)24-3/h5,8-9H,4,6-7,10-13H2,1-3H3. The molecule has 1 aromatic carbocycles. The van der Waals surface area contributed by atoms with Crippen molar-refractivity contribution < 1.29 is 19.1 Å². The summed E-state index contributed by atoms with van der Waals surface area (Å²) in [5, 5.41) is 0. The van der Waals surface area contributed by atoms with Crippen molar-refractivity contribution in [1.82, 2.24) is 9.80 Å². The number of carbonyl (C=O) groups excluding carboxylic acids is 2. The summed E-state index contributed by atoms with van der Waals surface area (Å²) in [6.07, 6.45) is 2.18. The van der Waals surface area contributed by atoms with Crippen molar-refractivity contribution in [2.24, 2.45) is 0 Å². The van der Waals surface area contributed by atoms with E-state index in [4.69, 9.17) is 9.47 Å². The van der Waals surface area contributed by atoms with Crippen molar-refractivity contribution in [3.63, 3.8) is 0 Å². The van der Waals surface area contributed by atoms with Crippen LogP contribution in [0.1, 0.15) is 36.5 Å². The molecule has 0 unspecified atom stereocenters. The smallest absolute Gasteiger partial charge is 0.261 e. The number of methoxy groups -OCH3 is 2. The third kappa shape index (κ3) is 3.99. The minimum Gasteiger partial charge on any atom is -0.496 e. The fourth-order valence-corrected chi connectivity index (χ4v) is 2.96.